The summed E-state index contributed by atoms with van der Waals surface area (Å²) in [4.78, 5) is 56.9. The number of rotatable bonds is 89. The Balaban J connectivity index is 4.94. The zero-order chi connectivity index (χ0) is 79.8. The summed E-state index contributed by atoms with van der Waals surface area (Å²) in [6.07, 6.45) is 78.9. The van der Waals surface area contributed by atoms with Crippen LogP contribution in [0.15, 0.2) is 0 Å². The molecule has 0 aliphatic heterocycles. The maximum absolute atomic E-state index is 13.3. The second kappa shape index (κ2) is 83.7. The predicted octanol–water partition coefficient (Wildman–Crippen LogP) is 27.9. The maximum atomic E-state index is 13.3. The number of hydrogen-bond donors (Lipinski definition) is 2. The van der Waals surface area contributed by atoms with Crippen LogP contribution in [0, 0.1) is 29.6 Å². The molecule has 0 amide bonds. The molecule has 0 spiro atoms. The van der Waals surface area contributed by atoms with Crippen LogP contribution < -0.4 is 0 Å². The lowest BCUT2D eigenvalue weighted by atomic mass is 9.88. The maximum Gasteiger partial charge on any atom is 0.305 e. The molecule has 0 aromatic carbocycles. The Morgan fingerprint density at radius 1 is 0.229 bits per heavy atom. The first-order chi connectivity index (χ1) is 53.3. The normalized spacial score (nSPS) is 13.8. The molecule has 7 atom stereocenters. The summed E-state index contributed by atoms with van der Waals surface area (Å²) in [6, 6.07) is 1.02. The van der Waals surface area contributed by atoms with Gasteiger partial charge in [-0.05, 0) is 172 Å². The van der Waals surface area contributed by atoms with E-state index in [4.69, 9.17) is 18.9 Å². The highest BCUT2D eigenvalue weighted by atomic mass is 16.5. The molecule has 0 bridgehead atoms. The average Bonchev–Trinajstić information content (AvgIpc) is 0.962. The number of hydrogen-bond acceptors (Lipinski definition) is 12. The third-order valence-electron chi connectivity index (χ3n) is 24.5. The molecule has 0 aromatic rings. The lowest BCUT2D eigenvalue weighted by molar-refractivity contribution is -0.146. The van der Waals surface area contributed by atoms with Gasteiger partial charge < -0.3 is 39.0 Å². The Hall–Kier alpha value is -2.28. The molecule has 0 rings (SSSR count). The van der Waals surface area contributed by atoms with Gasteiger partial charge in [-0.25, -0.2) is 0 Å². The van der Waals surface area contributed by atoms with E-state index in [1.165, 1.54) is 295 Å². The molecule has 2 N–H and O–H groups in total. The van der Waals surface area contributed by atoms with Gasteiger partial charge in [0.05, 0.1) is 26.4 Å². The second-order valence-electron chi connectivity index (χ2n) is 34.8. The summed E-state index contributed by atoms with van der Waals surface area (Å²) in [5.41, 5.74) is 0. The van der Waals surface area contributed by atoms with Gasteiger partial charge in [-0.15, -0.1) is 0 Å². The highest BCUT2D eigenvalue weighted by Gasteiger charge is 2.21. The quantitative estimate of drug-likeness (QED) is 0.0339. The molecule has 109 heavy (non-hydrogen) atoms. The van der Waals surface area contributed by atoms with E-state index in [1.807, 2.05) is 0 Å². The molecule has 0 aliphatic carbocycles. The Morgan fingerprint density at radius 3 is 0.734 bits per heavy atom. The van der Waals surface area contributed by atoms with Crippen molar-refractivity contribution in [1.82, 2.24) is 9.80 Å². The van der Waals surface area contributed by atoms with Crippen molar-refractivity contribution >= 4 is 23.9 Å². The van der Waals surface area contributed by atoms with E-state index in [2.05, 4.69) is 72.4 Å². The largest absolute Gasteiger partial charge is 0.465 e. The van der Waals surface area contributed by atoms with E-state index in [9.17, 15) is 29.4 Å². The number of unbranched alkanes of at least 4 members (excludes halogenated alkanes) is 36. The minimum Gasteiger partial charge on any atom is -0.465 e. The lowest BCUT2D eigenvalue weighted by Crippen LogP contribution is -2.33. The van der Waals surface area contributed by atoms with Crippen LogP contribution >= 0.6 is 0 Å². The van der Waals surface area contributed by atoms with E-state index in [0.29, 0.717) is 87.9 Å². The summed E-state index contributed by atoms with van der Waals surface area (Å²) >= 11 is 0. The summed E-state index contributed by atoms with van der Waals surface area (Å²) in [7, 11) is 4.48. The zero-order valence-corrected chi connectivity index (χ0v) is 74.5. The summed E-state index contributed by atoms with van der Waals surface area (Å²) < 4.78 is 23.8. The van der Waals surface area contributed by atoms with E-state index >= 15 is 0 Å². The fourth-order valence-corrected chi connectivity index (χ4v) is 16.7. The smallest absolute Gasteiger partial charge is 0.305 e. The number of aliphatic hydroxyl groups is 2. The Kier molecular flexibility index (Phi) is 81.9. The van der Waals surface area contributed by atoms with Crippen molar-refractivity contribution in [2.75, 3.05) is 66.8 Å². The first-order valence-electron chi connectivity index (χ1n) is 48.6. The predicted molar refractivity (Wildman–Crippen MR) is 467 cm³/mol. The minimum absolute atomic E-state index is 0.000477. The van der Waals surface area contributed by atoms with Gasteiger partial charge in [-0.1, -0.05) is 344 Å². The number of ether oxygens (including phenoxy) is 4. The van der Waals surface area contributed by atoms with Crippen LogP contribution in [0.1, 0.15) is 492 Å². The second-order valence-corrected chi connectivity index (χ2v) is 34.8. The van der Waals surface area contributed by atoms with Gasteiger partial charge in [0.25, 0.3) is 0 Å². The summed E-state index contributed by atoms with van der Waals surface area (Å²) in [5.74, 6) is 2.56. The van der Waals surface area contributed by atoms with E-state index in [1.54, 1.807) is 0 Å². The highest BCUT2D eigenvalue weighted by Crippen LogP contribution is 2.29. The third kappa shape index (κ3) is 72.0. The monoisotopic (exact) mass is 1540 g/mol. The Labute approximate surface area is 678 Å². The van der Waals surface area contributed by atoms with Crippen molar-refractivity contribution in [3.63, 3.8) is 0 Å². The molecule has 0 saturated heterocycles. The van der Waals surface area contributed by atoms with E-state index < -0.39 is 0 Å². The number of carbonyl (C=O) groups is 4. The molecule has 0 radical (unpaired) electrons. The molecule has 7 unspecified atom stereocenters. The lowest BCUT2D eigenvalue weighted by Gasteiger charge is -2.28. The molecule has 0 aliphatic rings. The van der Waals surface area contributed by atoms with Crippen LogP contribution in [0.5, 0.6) is 0 Å². The molecule has 12 heteroatoms. The minimum atomic E-state index is -0.0335. The number of esters is 4. The van der Waals surface area contributed by atoms with Crippen molar-refractivity contribution in [3.05, 3.63) is 0 Å². The van der Waals surface area contributed by atoms with Gasteiger partial charge in [-0.3, -0.25) is 19.2 Å². The van der Waals surface area contributed by atoms with Crippen LogP contribution in [0.3, 0.4) is 0 Å². The molecule has 0 saturated carbocycles. The van der Waals surface area contributed by atoms with Gasteiger partial charge >= 0.3 is 23.9 Å². The van der Waals surface area contributed by atoms with Gasteiger partial charge in [-0.2, -0.15) is 0 Å². The topological polar surface area (TPSA) is 152 Å². The Morgan fingerprint density at radius 2 is 0.440 bits per heavy atom. The summed E-state index contributed by atoms with van der Waals surface area (Å²) in [6.45, 7) is 20.7. The zero-order valence-electron chi connectivity index (χ0n) is 74.5. The van der Waals surface area contributed by atoms with E-state index in [-0.39, 0.29) is 37.1 Å². The summed E-state index contributed by atoms with van der Waals surface area (Å²) in [5, 5.41) is 19.1. The van der Waals surface area contributed by atoms with Crippen LogP contribution in [-0.2, 0) is 38.1 Å². The first-order valence-corrected chi connectivity index (χ1v) is 48.6. The standard InChI is InChI=1S/C97H190N2O10/c1-10-17-23-28-34-45-66-89(64-43-26-20-13-4)84-107-96(104)77-53-40-49-73-93(99(9)80-60-82-101)74-50-41-54-78-97(105)109-86-91(67-46-35-29-24-18-11-2)70-59-69-87(16-7)62-55-56-68-90(65-44-27-21-14-5)85-108-95(103)76-52-39-33-31-37-48-72-92(98(8)79-57-58-81-100)71-47-36-30-32-38-51-75-94(102)106-83-88(61-22-15-6)63-42-25-19-12-3/h87-93,100-101H,10-86H2,1-9H3. The highest BCUT2D eigenvalue weighted by molar-refractivity contribution is 5.70. The molecular weight excluding hydrogens is 1350 g/mol. The molecule has 648 valence electrons. The van der Waals surface area contributed by atoms with Crippen LogP contribution in [0.25, 0.3) is 0 Å². The SMILES string of the molecule is CCCCCCCCC(CCCCCC)COC(=O)CCCCCC(CCCCCC(=O)OCC(CCCCCCCC)CCCC(CC)CCCCC(CCCCCC)COC(=O)CCCCCCCCC(CCCCCCCCC(=O)OCC(CCCC)CCCCCC)N(C)CCCCO)N(C)CCCO. The van der Waals surface area contributed by atoms with Gasteiger partial charge in [0.15, 0.2) is 0 Å². The number of carbonyl (C=O) groups excluding carboxylic acids is 4. The molecule has 0 aromatic heterocycles. The fraction of sp³-hybridized carbons (Fsp3) is 0.959. The average molecular weight is 1540 g/mol. The molecule has 12 nitrogen and oxygen atoms in total. The number of aliphatic hydroxyl groups excluding tert-OH is 2. The van der Waals surface area contributed by atoms with Crippen LogP contribution in [0.4, 0.5) is 0 Å². The number of nitrogens with zero attached hydrogens (tertiary/aromatic N) is 2. The van der Waals surface area contributed by atoms with Crippen molar-refractivity contribution in [3.8, 4) is 0 Å². The first kappa shape index (κ1) is 107. The third-order valence-corrected chi connectivity index (χ3v) is 24.5. The van der Waals surface area contributed by atoms with Crippen LogP contribution in [-0.4, -0.2) is 123 Å². The van der Waals surface area contributed by atoms with E-state index in [0.717, 1.165) is 141 Å². The van der Waals surface area contributed by atoms with Gasteiger partial charge in [0, 0.05) is 57.5 Å². The van der Waals surface area contributed by atoms with Crippen molar-refractivity contribution in [2.45, 2.75) is 504 Å². The van der Waals surface area contributed by atoms with Crippen molar-refractivity contribution in [1.29, 1.82) is 0 Å². The van der Waals surface area contributed by atoms with Crippen LogP contribution in [0.2, 0.25) is 0 Å². The fourth-order valence-electron chi connectivity index (χ4n) is 16.7. The molecule has 0 heterocycles. The molecular formula is C97H190N2O10. The van der Waals surface area contributed by atoms with Crippen molar-refractivity contribution < 1.29 is 48.3 Å². The molecule has 0 fully saturated rings. The Bertz CT molecular complexity index is 1910. The van der Waals surface area contributed by atoms with Gasteiger partial charge in [0.1, 0.15) is 0 Å². The van der Waals surface area contributed by atoms with Crippen molar-refractivity contribution in [2.24, 2.45) is 29.6 Å². The van der Waals surface area contributed by atoms with Gasteiger partial charge in [0.2, 0.25) is 0 Å².